The van der Waals surface area contributed by atoms with Crippen LogP contribution in [0.25, 0.3) is 5.20 Å². The highest BCUT2D eigenvalue weighted by Crippen LogP contribution is 2.24. The fourth-order valence-corrected chi connectivity index (χ4v) is 2.98. The molecule has 1 nitrogen and oxygen atoms in total. The molecule has 15 heavy (non-hydrogen) atoms. The Labute approximate surface area is 93.1 Å². The Hall–Kier alpha value is -1.24. The third kappa shape index (κ3) is 3.43. The summed E-state index contributed by atoms with van der Waals surface area (Å²) in [6, 6.07) is 10.4. The van der Waals surface area contributed by atoms with E-state index < -0.39 is 8.07 Å². The first-order valence-corrected chi connectivity index (χ1v) is 8.59. The number of ether oxygens (including phenoxy) is 1. The van der Waals surface area contributed by atoms with Crippen molar-refractivity contribution in [1.82, 2.24) is 0 Å². The van der Waals surface area contributed by atoms with Crippen LogP contribution in [0.4, 0.5) is 0 Å². The molecule has 0 spiro atoms. The standard InChI is InChI=1S/C13H18OSi/c1-14-11-10-13(15(2,3)4)12-8-6-5-7-9-12/h5-9,11H,1-4H3. The zero-order chi connectivity index (χ0) is 11.3. The normalized spacial score (nSPS) is 10.4. The van der Waals surface area contributed by atoms with E-state index in [9.17, 15) is 0 Å². The number of methoxy groups -OCH3 is 1. The van der Waals surface area contributed by atoms with Gasteiger partial charge in [-0.05, 0) is 10.8 Å². The number of hydrogen-bond acceptors (Lipinski definition) is 1. The van der Waals surface area contributed by atoms with E-state index in [0.717, 1.165) is 0 Å². The maximum absolute atomic E-state index is 4.95. The van der Waals surface area contributed by atoms with Gasteiger partial charge in [0.15, 0.2) is 0 Å². The van der Waals surface area contributed by atoms with E-state index >= 15 is 0 Å². The van der Waals surface area contributed by atoms with Crippen LogP contribution in [-0.4, -0.2) is 15.2 Å². The van der Waals surface area contributed by atoms with Gasteiger partial charge in [-0.25, -0.2) is 0 Å². The average Bonchev–Trinajstić information content (AvgIpc) is 2.18. The summed E-state index contributed by atoms with van der Waals surface area (Å²) >= 11 is 0. The summed E-state index contributed by atoms with van der Waals surface area (Å²) in [6.07, 6.45) is 1.64. The summed E-state index contributed by atoms with van der Waals surface area (Å²) in [5.74, 6) is 0. The second-order valence-corrected chi connectivity index (χ2v) is 9.49. The van der Waals surface area contributed by atoms with Crippen molar-refractivity contribution in [2.24, 2.45) is 0 Å². The van der Waals surface area contributed by atoms with Gasteiger partial charge in [0.25, 0.3) is 0 Å². The summed E-state index contributed by atoms with van der Waals surface area (Å²) in [4.78, 5) is 0. The number of rotatable bonds is 3. The highest BCUT2D eigenvalue weighted by Gasteiger charge is 2.20. The first-order valence-electron chi connectivity index (χ1n) is 5.09. The van der Waals surface area contributed by atoms with Crippen molar-refractivity contribution >= 4 is 13.3 Å². The number of benzene rings is 1. The van der Waals surface area contributed by atoms with Gasteiger partial charge >= 0.3 is 0 Å². The molecular weight excluding hydrogens is 200 g/mol. The van der Waals surface area contributed by atoms with Crippen molar-refractivity contribution in [3.63, 3.8) is 0 Å². The highest BCUT2D eigenvalue weighted by molar-refractivity contribution is 6.93. The minimum atomic E-state index is -1.37. The van der Waals surface area contributed by atoms with Crippen LogP contribution in [0.3, 0.4) is 0 Å². The van der Waals surface area contributed by atoms with E-state index in [4.69, 9.17) is 4.74 Å². The van der Waals surface area contributed by atoms with Gasteiger partial charge in [-0.1, -0.05) is 55.7 Å². The lowest BCUT2D eigenvalue weighted by molar-refractivity contribution is 0.339. The molecule has 0 atom stereocenters. The molecule has 1 aromatic carbocycles. The van der Waals surface area contributed by atoms with Gasteiger partial charge in [-0.3, -0.25) is 0 Å². The Bertz CT molecular complexity index is 367. The van der Waals surface area contributed by atoms with E-state index in [1.807, 2.05) is 6.07 Å². The molecule has 0 radical (unpaired) electrons. The quantitative estimate of drug-likeness (QED) is 0.427. The lowest BCUT2D eigenvalue weighted by Crippen LogP contribution is -2.22. The molecular formula is C13H18OSi. The van der Waals surface area contributed by atoms with Crippen LogP contribution in [0.15, 0.2) is 42.3 Å². The minimum Gasteiger partial charge on any atom is -0.496 e. The van der Waals surface area contributed by atoms with Crippen LogP contribution < -0.4 is 0 Å². The molecule has 0 aromatic heterocycles. The van der Waals surface area contributed by atoms with E-state index in [-0.39, 0.29) is 0 Å². The number of hydrogen-bond donors (Lipinski definition) is 0. The minimum absolute atomic E-state index is 1.25. The van der Waals surface area contributed by atoms with Crippen molar-refractivity contribution in [3.8, 4) is 0 Å². The van der Waals surface area contributed by atoms with Gasteiger partial charge in [0, 0.05) is 0 Å². The van der Waals surface area contributed by atoms with Gasteiger partial charge in [-0.2, -0.15) is 0 Å². The fraction of sp³-hybridized carbons (Fsp3) is 0.308. The lowest BCUT2D eigenvalue weighted by Gasteiger charge is -2.18. The molecule has 0 fully saturated rings. The summed E-state index contributed by atoms with van der Waals surface area (Å²) in [7, 11) is 0.282. The van der Waals surface area contributed by atoms with Crippen molar-refractivity contribution in [2.45, 2.75) is 19.6 Å². The predicted molar refractivity (Wildman–Crippen MR) is 68.3 cm³/mol. The second kappa shape index (κ2) is 5.01. The molecule has 0 aliphatic heterocycles. The maximum Gasteiger partial charge on any atom is 0.124 e. The molecule has 0 aliphatic carbocycles. The van der Waals surface area contributed by atoms with E-state index in [1.54, 1.807) is 13.4 Å². The SMILES string of the molecule is COC=C=C(c1ccccc1)[Si](C)(C)C. The third-order valence-corrected chi connectivity index (χ3v) is 4.07. The van der Waals surface area contributed by atoms with E-state index in [0.29, 0.717) is 0 Å². The van der Waals surface area contributed by atoms with E-state index in [1.165, 1.54) is 10.8 Å². The fourth-order valence-electron chi connectivity index (χ4n) is 1.46. The van der Waals surface area contributed by atoms with Crippen molar-refractivity contribution in [3.05, 3.63) is 47.9 Å². The molecule has 1 aromatic rings. The third-order valence-electron chi connectivity index (χ3n) is 2.13. The van der Waals surface area contributed by atoms with Gasteiger partial charge in [0.1, 0.15) is 6.26 Å². The van der Waals surface area contributed by atoms with Gasteiger partial charge in [0.05, 0.1) is 15.2 Å². The Balaban J connectivity index is 3.21. The van der Waals surface area contributed by atoms with Crippen LogP contribution in [0, 0.1) is 0 Å². The van der Waals surface area contributed by atoms with Gasteiger partial charge in [0.2, 0.25) is 0 Å². The molecule has 0 N–H and O–H groups in total. The van der Waals surface area contributed by atoms with E-state index in [2.05, 4.69) is 49.6 Å². The monoisotopic (exact) mass is 218 g/mol. The molecule has 0 heterocycles. The topological polar surface area (TPSA) is 9.23 Å². The van der Waals surface area contributed by atoms with Crippen LogP contribution in [0.5, 0.6) is 0 Å². The average molecular weight is 218 g/mol. The predicted octanol–water partition coefficient (Wildman–Crippen LogP) is 3.71. The van der Waals surface area contributed by atoms with Crippen molar-refractivity contribution < 1.29 is 4.74 Å². The van der Waals surface area contributed by atoms with Crippen molar-refractivity contribution in [2.75, 3.05) is 7.11 Å². The maximum atomic E-state index is 4.95. The molecule has 0 unspecified atom stereocenters. The van der Waals surface area contributed by atoms with Gasteiger partial charge < -0.3 is 4.74 Å². The first kappa shape index (κ1) is 11.8. The molecule has 0 saturated carbocycles. The molecule has 80 valence electrons. The summed E-state index contributed by atoms with van der Waals surface area (Å²) in [6.45, 7) is 6.93. The molecule has 0 saturated heterocycles. The zero-order valence-corrected chi connectivity index (χ0v) is 10.9. The Morgan fingerprint density at radius 3 is 2.27 bits per heavy atom. The lowest BCUT2D eigenvalue weighted by atomic mass is 10.2. The summed E-state index contributed by atoms with van der Waals surface area (Å²) < 4.78 is 4.95. The van der Waals surface area contributed by atoms with Crippen LogP contribution in [-0.2, 0) is 4.74 Å². The highest BCUT2D eigenvalue weighted by atomic mass is 28.3. The van der Waals surface area contributed by atoms with Crippen LogP contribution in [0.1, 0.15) is 5.56 Å². The zero-order valence-electron chi connectivity index (χ0n) is 9.87. The summed E-state index contributed by atoms with van der Waals surface area (Å²) in [5, 5.41) is 1.30. The van der Waals surface area contributed by atoms with Gasteiger partial charge in [-0.15, -0.1) is 0 Å². The molecule has 1 rings (SSSR count). The Kier molecular flexibility index (Phi) is 3.95. The van der Waals surface area contributed by atoms with Crippen LogP contribution >= 0.6 is 0 Å². The second-order valence-electron chi connectivity index (χ2n) is 4.49. The summed E-state index contributed by atoms with van der Waals surface area (Å²) in [5.41, 5.74) is 4.51. The Morgan fingerprint density at radius 2 is 1.80 bits per heavy atom. The van der Waals surface area contributed by atoms with Crippen LogP contribution in [0.2, 0.25) is 19.6 Å². The molecule has 2 heteroatoms. The molecule has 0 amide bonds. The molecule has 0 bridgehead atoms. The largest absolute Gasteiger partial charge is 0.496 e. The van der Waals surface area contributed by atoms with Crippen molar-refractivity contribution in [1.29, 1.82) is 0 Å². The first-order chi connectivity index (χ1) is 7.05. The molecule has 0 aliphatic rings. The Morgan fingerprint density at radius 1 is 1.20 bits per heavy atom. The smallest absolute Gasteiger partial charge is 0.124 e.